The van der Waals surface area contributed by atoms with Crippen LogP contribution in [0.1, 0.15) is 11.1 Å². The number of benzene rings is 2. The molecule has 0 spiro atoms. The SMILES string of the molecule is COc1ccc(CN(C)C(=O)CSCc2ccc(Cl)c(Cl)c2)cc1. The Bertz CT molecular complexity index is 692. The highest BCUT2D eigenvalue weighted by Crippen LogP contribution is 2.24. The number of thioether (sulfide) groups is 1. The van der Waals surface area contributed by atoms with Crippen LogP contribution in [0.25, 0.3) is 0 Å². The number of methoxy groups -OCH3 is 1. The maximum atomic E-state index is 12.2. The minimum absolute atomic E-state index is 0.0934. The summed E-state index contributed by atoms with van der Waals surface area (Å²) in [5, 5.41) is 1.08. The fraction of sp³-hybridized carbons (Fsp3) is 0.278. The van der Waals surface area contributed by atoms with Gasteiger partial charge in [-0.3, -0.25) is 4.79 Å². The van der Waals surface area contributed by atoms with E-state index < -0.39 is 0 Å². The van der Waals surface area contributed by atoms with Gasteiger partial charge in [0.1, 0.15) is 5.75 Å². The van der Waals surface area contributed by atoms with Crippen LogP contribution in [0.5, 0.6) is 5.75 Å². The average molecular weight is 384 g/mol. The molecule has 0 bridgehead atoms. The zero-order chi connectivity index (χ0) is 17.5. The molecule has 0 radical (unpaired) electrons. The number of nitrogens with zero attached hydrogens (tertiary/aromatic N) is 1. The van der Waals surface area contributed by atoms with Crippen molar-refractivity contribution in [1.29, 1.82) is 0 Å². The number of carbonyl (C=O) groups is 1. The smallest absolute Gasteiger partial charge is 0.232 e. The summed E-state index contributed by atoms with van der Waals surface area (Å²) in [5.74, 6) is 2.05. The van der Waals surface area contributed by atoms with Crippen LogP contribution in [-0.4, -0.2) is 30.7 Å². The molecule has 0 saturated heterocycles. The van der Waals surface area contributed by atoms with Crippen molar-refractivity contribution in [2.45, 2.75) is 12.3 Å². The van der Waals surface area contributed by atoms with E-state index in [0.29, 0.717) is 22.3 Å². The molecule has 1 amide bonds. The standard InChI is InChI=1S/C18H19Cl2NO2S/c1-21(10-13-3-6-15(23-2)7-4-13)18(22)12-24-11-14-5-8-16(19)17(20)9-14/h3-9H,10-12H2,1-2H3. The largest absolute Gasteiger partial charge is 0.497 e. The molecule has 24 heavy (non-hydrogen) atoms. The van der Waals surface area contributed by atoms with Crippen molar-refractivity contribution in [2.75, 3.05) is 19.9 Å². The quantitative estimate of drug-likeness (QED) is 0.681. The lowest BCUT2D eigenvalue weighted by Crippen LogP contribution is -2.27. The molecular weight excluding hydrogens is 365 g/mol. The van der Waals surface area contributed by atoms with Gasteiger partial charge in [-0.05, 0) is 35.4 Å². The summed E-state index contributed by atoms with van der Waals surface area (Å²) in [4.78, 5) is 13.9. The van der Waals surface area contributed by atoms with Crippen LogP contribution >= 0.6 is 35.0 Å². The van der Waals surface area contributed by atoms with Gasteiger partial charge in [0.05, 0.1) is 22.9 Å². The van der Waals surface area contributed by atoms with Gasteiger partial charge in [0.15, 0.2) is 0 Å². The third-order valence-electron chi connectivity index (χ3n) is 3.48. The normalized spacial score (nSPS) is 10.5. The van der Waals surface area contributed by atoms with Gasteiger partial charge in [-0.2, -0.15) is 0 Å². The molecule has 6 heteroatoms. The first-order valence-corrected chi connectivity index (χ1v) is 9.29. The van der Waals surface area contributed by atoms with E-state index in [0.717, 1.165) is 22.6 Å². The Kier molecular flexibility index (Phi) is 7.28. The minimum atomic E-state index is 0.0934. The van der Waals surface area contributed by atoms with E-state index in [2.05, 4.69) is 0 Å². The van der Waals surface area contributed by atoms with E-state index in [9.17, 15) is 4.79 Å². The first kappa shape index (κ1) is 19.0. The fourth-order valence-electron chi connectivity index (χ4n) is 2.09. The Morgan fingerprint density at radius 3 is 2.38 bits per heavy atom. The van der Waals surface area contributed by atoms with Gasteiger partial charge < -0.3 is 9.64 Å². The van der Waals surface area contributed by atoms with Crippen LogP contribution in [0.2, 0.25) is 10.0 Å². The Morgan fingerprint density at radius 2 is 1.75 bits per heavy atom. The predicted molar refractivity (Wildman–Crippen MR) is 102 cm³/mol. The molecule has 0 aliphatic heterocycles. The number of ether oxygens (including phenoxy) is 1. The monoisotopic (exact) mass is 383 g/mol. The summed E-state index contributed by atoms with van der Waals surface area (Å²) in [5.41, 5.74) is 2.13. The average Bonchev–Trinajstić information content (AvgIpc) is 2.58. The van der Waals surface area contributed by atoms with Crippen LogP contribution in [-0.2, 0) is 17.1 Å². The highest BCUT2D eigenvalue weighted by atomic mass is 35.5. The Balaban J connectivity index is 1.79. The molecule has 0 fully saturated rings. The van der Waals surface area contributed by atoms with Crippen molar-refractivity contribution < 1.29 is 9.53 Å². The van der Waals surface area contributed by atoms with Gasteiger partial charge in [0.25, 0.3) is 0 Å². The number of hydrogen-bond donors (Lipinski definition) is 0. The third kappa shape index (κ3) is 5.62. The number of halogens is 2. The van der Waals surface area contributed by atoms with E-state index in [4.69, 9.17) is 27.9 Å². The lowest BCUT2D eigenvalue weighted by atomic mass is 10.2. The summed E-state index contributed by atoms with van der Waals surface area (Å²) in [6.45, 7) is 0.580. The Labute approximate surface area is 156 Å². The van der Waals surface area contributed by atoms with Crippen LogP contribution < -0.4 is 4.74 Å². The Morgan fingerprint density at radius 1 is 1.08 bits per heavy atom. The van der Waals surface area contributed by atoms with Gasteiger partial charge in [0, 0.05) is 19.3 Å². The molecule has 128 valence electrons. The van der Waals surface area contributed by atoms with Crippen LogP contribution in [0, 0.1) is 0 Å². The highest BCUT2D eigenvalue weighted by molar-refractivity contribution is 7.99. The van der Waals surface area contributed by atoms with Crippen molar-refractivity contribution in [3.05, 3.63) is 63.6 Å². The van der Waals surface area contributed by atoms with Crippen molar-refractivity contribution in [3.8, 4) is 5.75 Å². The molecule has 2 aromatic carbocycles. The number of carbonyl (C=O) groups excluding carboxylic acids is 1. The number of hydrogen-bond acceptors (Lipinski definition) is 3. The molecule has 0 aliphatic carbocycles. The third-order valence-corrected chi connectivity index (χ3v) is 5.21. The van der Waals surface area contributed by atoms with Crippen LogP contribution in [0.15, 0.2) is 42.5 Å². The van der Waals surface area contributed by atoms with Crippen molar-refractivity contribution >= 4 is 40.9 Å². The minimum Gasteiger partial charge on any atom is -0.497 e. The summed E-state index contributed by atoms with van der Waals surface area (Å²) < 4.78 is 5.13. The molecule has 0 atom stereocenters. The molecule has 0 aromatic heterocycles. The molecule has 0 heterocycles. The molecule has 2 rings (SSSR count). The van der Waals surface area contributed by atoms with Crippen LogP contribution in [0.4, 0.5) is 0 Å². The second kappa shape index (κ2) is 9.21. The zero-order valence-corrected chi connectivity index (χ0v) is 15.9. The van der Waals surface area contributed by atoms with Gasteiger partial charge in [0.2, 0.25) is 5.91 Å². The van der Waals surface area contributed by atoms with Crippen molar-refractivity contribution in [2.24, 2.45) is 0 Å². The van der Waals surface area contributed by atoms with Crippen LogP contribution in [0.3, 0.4) is 0 Å². The second-order valence-corrected chi connectivity index (χ2v) is 7.14. The summed E-state index contributed by atoms with van der Waals surface area (Å²) in [7, 11) is 3.45. The summed E-state index contributed by atoms with van der Waals surface area (Å²) >= 11 is 13.4. The summed E-state index contributed by atoms with van der Waals surface area (Å²) in [6.07, 6.45) is 0. The fourth-order valence-corrected chi connectivity index (χ4v) is 3.32. The van der Waals surface area contributed by atoms with E-state index >= 15 is 0 Å². The van der Waals surface area contributed by atoms with E-state index in [1.54, 1.807) is 29.8 Å². The molecule has 0 saturated carbocycles. The molecule has 2 aromatic rings. The molecular formula is C18H19Cl2NO2S. The number of rotatable bonds is 7. The summed E-state index contributed by atoms with van der Waals surface area (Å²) in [6, 6.07) is 13.3. The van der Waals surface area contributed by atoms with Gasteiger partial charge in [-0.15, -0.1) is 11.8 Å². The first-order valence-electron chi connectivity index (χ1n) is 7.38. The van der Waals surface area contributed by atoms with E-state index in [1.165, 1.54) is 0 Å². The molecule has 0 N–H and O–H groups in total. The topological polar surface area (TPSA) is 29.5 Å². The molecule has 0 aliphatic rings. The van der Waals surface area contributed by atoms with E-state index in [1.807, 2.05) is 43.4 Å². The zero-order valence-electron chi connectivity index (χ0n) is 13.6. The van der Waals surface area contributed by atoms with Gasteiger partial charge >= 0.3 is 0 Å². The first-order chi connectivity index (χ1) is 11.5. The van der Waals surface area contributed by atoms with Crippen molar-refractivity contribution in [3.63, 3.8) is 0 Å². The van der Waals surface area contributed by atoms with Gasteiger partial charge in [-0.25, -0.2) is 0 Å². The second-order valence-electron chi connectivity index (χ2n) is 5.34. The van der Waals surface area contributed by atoms with E-state index in [-0.39, 0.29) is 5.91 Å². The lowest BCUT2D eigenvalue weighted by Gasteiger charge is -2.17. The predicted octanol–water partition coefficient (Wildman–Crippen LogP) is 4.89. The maximum Gasteiger partial charge on any atom is 0.232 e. The number of amides is 1. The highest BCUT2D eigenvalue weighted by Gasteiger charge is 2.10. The molecule has 3 nitrogen and oxygen atoms in total. The maximum absolute atomic E-state index is 12.2. The lowest BCUT2D eigenvalue weighted by molar-refractivity contribution is -0.127. The molecule has 0 unspecified atom stereocenters. The van der Waals surface area contributed by atoms with Crippen molar-refractivity contribution in [1.82, 2.24) is 4.90 Å². The van der Waals surface area contributed by atoms with Gasteiger partial charge in [-0.1, -0.05) is 41.4 Å². The Hall–Kier alpha value is -1.36.